The van der Waals surface area contributed by atoms with Gasteiger partial charge in [-0.1, -0.05) is 0 Å². The van der Waals surface area contributed by atoms with E-state index in [4.69, 9.17) is 10.00 Å². The standard InChI is InChI=1S/C17H22N6O/c1-3-24-16-7-5-15(6-8-16)22-17(21-12-18)20-9-4-10-23-13-19-11-14(23)2/h5-8,11,13H,3-4,9-10H2,1-2H3,(H2,20,21,22). The smallest absolute Gasteiger partial charge is 0.211 e. The average molecular weight is 326 g/mol. The number of aliphatic imine (C=N–C) groups is 1. The second-order valence-corrected chi connectivity index (χ2v) is 5.15. The predicted molar refractivity (Wildman–Crippen MR) is 93.9 cm³/mol. The van der Waals surface area contributed by atoms with Crippen LogP contribution < -0.4 is 15.4 Å². The molecule has 0 fully saturated rings. The van der Waals surface area contributed by atoms with Crippen molar-refractivity contribution in [3.05, 3.63) is 42.5 Å². The topological polar surface area (TPSA) is 87.3 Å². The lowest BCUT2D eigenvalue weighted by Crippen LogP contribution is -2.31. The molecule has 0 saturated carbocycles. The molecule has 0 unspecified atom stereocenters. The second-order valence-electron chi connectivity index (χ2n) is 5.15. The van der Waals surface area contributed by atoms with Gasteiger partial charge in [0.05, 0.1) is 12.9 Å². The Morgan fingerprint density at radius 3 is 2.79 bits per heavy atom. The third kappa shape index (κ3) is 5.32. The minimum atomic E-state index is 0.434. The maximum atomic E-state index is 8.82. The number of hydrogen-bond donors (Lipinski definition) is 2. The largest absolute Gasteiger partial charge is 0.494 e. The SMILES string of the molecule is CCOc1ccc(N/C(=N\C#N)NCCCn2cncc2C)cc1. The fraction of sp³-hybridized carbons (Fsp3) is 0.353. The highest BCUT2D eigenvalue weighted by Gasteiger charge is 2.02. The summed E-state index contributed by atoms with van der Waals surface area (Å²) in [7, 11) is 0. The number of anilines is 1. The zero-order chi connectivity index (χ0) is 17.2. The first-order valence-corrected chi connectivity index (χ1v) is 7.90. The fourth-order valence-corrected chi connectivity index (χ4v) is 2.18. The van der Waals surface area contributed by atoms with E-state index in [1.54, 1.807) is 6.19 Å². The molecule has 0 radical (unpaired) electrons. The number of nitrogens with one attached hydrogen (secondary N) is 2. The van der Waals surface area contributed by atoms with Gasteiger partial charge in [-0.15, -0.1) is 4.99 Å². The van der Waals surface area contributed by atoms with Crippen LogP contribution in [0.5, 0.6) is 5.75 Å². The van der Waals surface area contributed by atoms with Gasteiger partial charge in [-0.3, -0.25) is 0 Å². The maximum absolute atomic E-state index is 8.82. The van der Waals surface area contributed by atoms with Crippen LogP contribution in [0, 0.1) is 18.4 Å². The molecule has 0 saturated heterocycles. The molecule has 0 amide bonds. The third-order valence-corrected chi connectivity index (χ3v) is 3.38. The van der Waals surface area contributed by atoms with Crippen molar-refractivity contribution in [3.8, 4) is 11.9 Å². The molecule has 1 aromatic carbocycles. The summed E-state index contributed by atoms with van der Waals surface area (Å²) in [6.07, 6.45) is 6.36. The van der Waals surface area contributed by atoms with Gasteiger partial charge in [0.25, 0.3) is 0 Å². The van der Waals surface area contributed by atoms with Crippen molar-refractivity contribution in [2.75, 3.05) is 18.5 Å². The first kappa shape index (κ1) is 17.3. The van der Waals surface area contributed by atoms with Gasteiger partial charge in [0, 0.05) is 30.7 Å². The van der Waals surface area contributed by atoms with Crippen LogP contribution in [0.4, 0.5) is 5.69 Å². The van der Waals surface area contributed by atoms with Crippen molar-refractivity contribution < 1.29 is 4.74 Å². The van der Waals surface area contributed by atoms with Crippen LogP contribution >= 0.6 is 0 Å². The highest BCUT2D eigenvalue weighted by atomic mass is 16.5. The minimum Gasteiger partial charge on any atom is -0.494 e. The molecule has 2 N–H and O–H groups in total. The number of aryl methyl sites for hydroxylation is 2. The van der Waals surface area contributed by atoms with Crippen LogP contribution in [0.1, 0.15) is 19.0 Å². The number of nitrogens with zero attached hydrogens (tertiary/aromatic N) is 4. The van der Waals surface area contributed by atoms with Crippen molar-refractivity contribution in [1.29, 1.82) is 5.26 Å². The van der Waals surface area contributed by atoms with E-state index >= 15 is 0 Å². The van der Waals surface area contributed by atoms with Crippen LogP contribution in [0.2, 0.25) is 0 Å². The number of benzene rings is 1. The minimum absolute atomic E-state index is 0.434. The van der Waals surface area contributed by atoms with Crippen LogP contribution in [0.3, 0.4) is 0 Å². The number of guanidine groups is 1. The van der Waals surface area contributed by atoms with Crippen LogP contribution in [0.15, 0.2) is 41.8 Å². The average Bonchev–Trinajstić information content (AvgIpc) is 2.99. The summed E-state index contributed by atoms with van der Waals surface area (Å²) in [6, 6.07) is 7.51. The number of hydrogen-bond acceptors (Lipinski definition) is 4. The number of ether oxygens (including phenoxy) is 1. The highest BCUT2D eigenvalue weighted by molar-refractivity contribution is 5.94. The molecule has 24 heavy (non-hydrogen) atoms. The summed E-state index contributed by atoms with van der Waals surface area (Å²) in [5.41, 5.74) is 1.97. The summed E-state index contributed by atoms with van der Waals surface area (Å²) in [5.74, 6) is 1.24. The molecule has 0 spiro atoms. The Hall–Kier alpha value is -3.01. The van der Waals surface area contributed by atoms with Gasteiger partial charge in [-0.2, -0.15) is 5.26 Å². The molecule has 1 aromatic heterocycles. The Kier molecular flexibility index (Phi) is 6.65. The summed E-state index contributed by atoms with van der Waals surface area (Å²) < 4.78 is 7.49. The normalized spacial score (nSPS) is 11.0. The first-order valence-electron chi connectivity index (χ1n) is 7.90. The van der Waals surface area contributed by atoms with Crippen molar-refractivity contribution in [2.24, 2.45) is 4.99 Å². The van der Waals surface area contributed by atoms with E-state index in [1.807, 2.05) is 50.6 Å². The summed E-state index contributed by atoms with van der Waals surface area (Å²) in [4.78, 5) is 7.87. The maximum Gasteiger partial charge on any atom is 0.211 e. The zero-order valence-electron chi connectivity index (χ0n) is 14.0. The lowest BCUT2D eigenvalue weighted by molar-refractivity contribution is 0.340. The Balaban J connectivity index is 1.82. The number of nitriles is 1. The summed E-state index contributed by atoms with van der Waals surface area (Å²) in [6.45, 7) is 6.16. The number of aromatic nitrogens is 2. The molecule has 0 aliphatic heterocycles. The summed E-state index contributed by atoms with van der Waals surface area (Å²) in [5, 5.41) is 15.1. The van der Waals surface area contributed by atoms with E-state index in [9.17, 15) is 0 Å². The lowest BCUT2D eigenvalue weighted by atomic mass is 10.3. The van der Waals surface area contributed by atoms with Gasteiger partial charge in [-0.25, -0.2) is 4.98 Å². The van der Waals surface area contributed by atoms with Crippen LogP contribution in [-0.4, -0.2) is 28.7 Å². The van der Waals surface area contributed by atoms with Crippen LogP contribution in [0.25, 0.3) is 0 Å². The Bertz CT molecular complexity index is 699. The van der Waals surface area contributed by atoms with Gasteiger partial charge < -0.3 is 19.9 Å². The van der Waals surface area contributed by atoms with Crippen molar-refractivity contribution in [2.45, 2.75) is 26.8 Å². The fourth-order valence-electron chi connectivity index (χ4n) is 2.18. The predicted octanol–water partition coefficient (Wildman–Crippen LogP) is 2.52. The first-order chi connectivity index (χ1) is 11.7. The molecule has 7 nitrogen and oxygen atoms in total. The Morgan fingerprint density at radius 1 is 1.38 bits per heavy atom. The van der Waals surface area contributed by atoms with E-state index in [-0.39, 0.29) is 0 Å². The molecule has 126 valence electrons. The van der Waals surface area contributed by atoms with E-state index in [2.05, 4.69) is 25.2 Å². The molecule has 0 aliphatic carbocycles. The Labute approximate surface area is 142 Å². The van der Waals surface area contributed by atoms with Gasteiger partial charge in [0.15, 0.2) is 0 Å². The molecule has 7 heteroatoms. The number of rotatable bonds is 7. The highest BCUT2D eigenvalue weighted by Crippen LogP contribution is 2.15. The van der Waals surface area contributed by atoms with Crippen LogP contribution in [-0.2, 0) is 6.54 Å². The second kappa shape index (κ2) is 9.20. The Morgan fingerprint density at radius 2 is 2.17 bits per heavy atom. The van der Waals surface area contributed by atoms with Gasteiger partial charge in [0.1, 0.15) is 5.75 Å². The zero-order valence-corrected chi connectivity index (χ0v) is 14.0. The van der Waals surface area contributed by atoms with Gasteiger partial charge >= 0.3 is 0 Å². The molecular weight excluding hydrogens is 304 g/mol. The molecule has 2 rings (SSSR count). The van der Waals surface area contributed by atoms with Gasteiger partial charge in [0.2, 0.25) is 12.2 Å². The summed E-state index contributed by atoms with van der Waals surface area (Å²) >= 11 is 0. The number of imidazole rings is 1. The van der Waals surface area contributed by atoms with Crippen molar-refractivity contribution in [3.63, 3.8) is 0 Å². The van der Waals surface area contributed by atoms with Crippen molar-refractivity contribution >= 4 is 11.6 Å². The van der Waals surface area contributed by atoms with Crippen molar-refractivity contribution in [1.82, 2.24) is 14.9 Å². The molecule has 0 aliphatic rings. The molecular formula is C17H22N6O. The molecule has 2 aromatic rings. The third-order valence-electron chi connectivity index (χ3n) is 3.38. The van der Waals surface area contributed by atoms with E-state index < -0.39 is 0 Å². The quantitative estimate of drug-likeness (QED) is 0.353. The molecule has 0 bridgehead atoms. The molecule has 1 heterocycles. The van der Waals surface area contributed by atoms with Gasteiger partial charge in [-0.05, 0) is 44.5 Å². The van der Waals surface area contributed by atoms with E-state index in [0.717, 1.165) is 30.1 Å². The van der Waals surface area contributed by atoms with E-state index in [1.165, 1.54) is 0 Å². The lowest BCUT2D eigenvalue weighted by Gasteiger charge is -2.12. The molecule has 0 atom stereocenters. The van der Waals surface area contributed by atoms with E-state index in [0.29, 0.717) is 19.1 Å². The monoisotopic (exact) mass is 326 g/mol.